The summed E-state index contributed by atoms with van der Waals surface area (Å²) in [5.74, 6) is -0.249. The van der Waals surface area contributed by atoms with Gasteiger partial charge in [-0.2, -0.15) is 0 Å². The Hall–Kier alpha value is -1.91. The van der Waals surface area contributed by atoms with E-state index in [0.29, 0.717) is 13.0 Å². The number of ether oxygens (including phenoxy) is 2. The van der Waals surface area contributed by atoms with Crippen LogP contribution in [0, 0.1) is 0 Å². The molecule has 0 radical (unpaired) electrons. The van der Waals surface area contributed by atoms with Crippen molar-refractivity contribution in [3.8, 4) is 0 Å². The van der Waals surface area contributed by atoms with Gasteiger partial charge in [-0.25, -0.2) is 0 Å². The van der Waals surface area contributed by atoms with Gasteiger partial charge in [-0.3, -0.25) is 4.79 Å². The molecule has 0 spiro atoms. The Kier molecular flexibility index (Phi) is 23.8. The van der Waals surface area contributed by atoms with Crippen LogP contribution in [0.2, 0.25) is 0 Å². The maximum Gasteiger partial charge on any atom is 0.306 e. The van der Waals surface area contributed by atoms with Crippen molar-refractivity contribution >= 4 is 5.97 Å². The fraction of sp³-hybridized carbons (Fsp3) is 0.607. The Morgan fingerprint density at radius 3 is 1.88 bits per heavy atom. The van der Waals surface area contributed by atoms with Gasteiger partial charge in [0.05, 0.1) is 19.8 Å². The summed E-state index contributed by atoms with van der Waals surface area (Å²) < 4.78 is 10.8. The molecule has 1 unspecified atom stereocenters. The number of allylic oxidation sites excluding steroid dienone is 9. The zero-order valence-corrected chi connectivity index (χ0v) is 20.4. The molecule has 0 amide bonds. The van der Waals surface area contributed by atoms with Gasteiger partial charge >= 0.3 is 5.97 Å². The molecule has 32 heavy (non-hydrogen) atoms. The van der Waals surface area contributed by atoms with Gasteiger partial charge in [0.25, 0.3) is 0 Å². The normalized spacial score (nSPS) is 13.5. The lowest BCUT2D eigenvalue weighted by atomic mass is 10.1. The summed E-state index contributed by atoms with van der Waals surface area (Å²) in [4.78, 5) is 11.8. The van der Waals surface area contributed by atoms with Crippen LogP contribution < -0.4 is 0 Å². The number of hydrogen-bond donors (Lipinski definition) is 1. The van der Waals surface area contributed by atoms with E-state index < -0.39 is 6.10 Å². The third-order valence-corrected chi connectivity index (χ3v) is 4.63. The van der Waals surface area contributed by atoms with E-state index in [0.717, 1.165) is 64.2 Å². The SMILES string of the molecule is CC/C=C\C/C=C\C/C=C\C/C=C\C/C=C\CCOCC(CO)OC(=O)CCCCCC. The van der Waals surface area contributed by atoms with Crippen LogP contribution in [0.3, 0.4) is 0 Å². The van der Waals surface area contributed by atoms with E-state index in [1.165, 1.54) is 0 Å². The fourth-order valence-corrected chi connectivity index (χ4v) is 2.80. The largest absolute Gasteiger partial charge is 0.457 e. The van der Waals surface area contributed by atoms with Gasteiger partial charge in [-0.05, 0) is 44.9 Å². The maximum absolute atomic E-state index is 11.8. The summed E-state index contributed by atoms with van der Waals surface area (Å²) in [6.07, 6.45) is 31.5. The fourth-order valence-electron chi connectivity index (χ4n) is 2.80. The summed E-state index contributed by atoms with van der Waals surface area (Å²) in [7, 11) is 0. The molecule has 0 saturated carbocycles. The van der Waals surface area contributed by atoms with E-state index in [1.807, 2.05) is 0 Å². The maximum atomic E-state index is 11.8. The summed E-state index contributed by atoms with van der Waals surface area (Å²) >= 11 is 0. The number of rotatable bonds is 21. The number of carbonyl (C=O) groups excluding carboxylic acids is 1. The summed E-state index contributed by atoms with van der Waals surface area (Å²) in [5, 5.41) is 9.34. The molecule has 1 N–H and O–H groups in total. The smallest absolute Gasteiger partial charge is 0.306 e. The first-order valence-corrected chi connectivity index (χ1v) is 12.4. The average molecular weight is 447 g/mol. The monoisotopic (exact) mass is 446 g/mol. The van der Waals surface area contributed by atoms with E-state index in [4.69, 9.17) is 9.47 Å². The van der Waals surface area contributed by atoms with Crippen LogP contribution in [-0.2, 0) is 14.3 Å². The van der Waals surface area contributed by atoms with Crippen molar-refractivity contribution in [1.29, 1.82) is 0 Å². The zero-order valence-electron chi connectivity index (χ0n) is 20.4. The Morgan fingerprint density at radius 2 is 1.34 bits per heavy atom. The third kappa shape index (κ3) is 22.8. The van der Waals surface area contributed by atoms with Crippen molar-refractivity contribution < 1.29 is 19.4 Å². The quantitative estimate of drug-likeness (QED) is 0.117. The van der Waals surface area contributed by atoms with Gasteiger partial charge in [0.2, 0.25) is 0 Å². The molecule has 4 heteroatoms. The number of esters is 1. The third-order valence-electron chi connectivity index (χ3n) is 4.63. The highest BCUT2D eigenvalue weighted by Gasteiger charge is 2.13. The Balaban J connectivity index is 3.66. The first-order valence-electron chi connectivity index (χ1n) is 12.4. The van der Waals surface area contributed by atoms with Crippen LogP contribution in [0.4, 0.5) is 0 Å². The van der Waals surface area contributed by atoms with E-state index in [9.17, 15) is 9.90 Å². The minimum Gasteiger partial charge on any atom is -0.457 e. The molecule has 0 heterocycles. The summed E-state index contributed by atoms with van der Waals surface area (Å²) in [6, 6.07) is 0. The first-order chi connectivity index (χ1) is 15.7. The Bertz CT molecular complexity index is 558. The van der Waals surface area contributed by atoms with E-state index in [1.54, 1.807) is 0 Å². The number of aliphatic hydroxyl groups excluding tert-OH is 1. The molecule has 0 aromatic rings. The molecule has 0 aliphatic carbocycles. The molecule has 0 bridgehead atoms. The summed E-state index contributed by atoms with van der Waals surface area (Å²) in [6.45, 7) is 4.87. The minimum absolute atomic E-state index is 0.206. The van der Waals surface area contributed by atoms with Gasteiger partial charge in [-0.1, -0.05) is 93.9 Å². The van der Waals surface area contributed by atoms with Crippen molar-refractivity contribution in [1.82, 2.24) is 0 Å². The van der Waals surface area contributed by atoms with Crippen molar-refractivity contribution in [2.45, 2.75) is 90.6 Å². The van der Waals surface area contributed by atoms with E-state index in [2.05, 4.69) is 74.6 Å². The van der Waals surface area contributed by atoms with Crippen LogP contribution in [0.5, 0.6) is 0 Å². The topological polar surface area (TPSA) is 55.8 Å². The van der Waals surface area contributed by atoms with Gasteiger partial charge < -0.3 is 14.6 Å². The highest BCUT2D eigenvalue weighted by molar-refractivity contribution is 5.69. The standard InChI is InChI=1S/C28H46O4/c1-3-5-7-9-10-11-12-13-14-15-16-17-18-19-20-22-24-31-26-27(25-29)32-28(30)23-21-8-6-4-2/h5,7,10-11,13-14,16-17,19-20,27,29H,3-4,6,8-9,12,15,18,21-26H2,1-2H3/b7-5-,11-10-,14-13-,17-16-,20-19-. The highest BCUT2D eigenvalue weighted by Crippen LogP contribution is 2.05. The zero-order chi connectivity index (χ0) is 23.5. The minimum atomic E-state index is -0.568. The number of unbranched alkanes of at least 4 members (excludes halogenated alkanes) is 3. The summed E-state index contributed by atoms with van der Waals surface area (Å²) in [5.41, 5.74) is 0. The second-order valence-electron chi connectivity index (χ2n) is 7.68. The van der Waals surface area contributed by atoms with Crippen molar-refractivity contribution in [3.05, 3.63) is 60.8 Å². The lowest BCUT2D eigenvalue weighted by molar-refractivity contribution is -0.154. The second kappa shape index (κ2) is 25.4. The van der Waals surface area contributed by atoms with Crippen LogP contribution >= 0.6 is 0 Å². The van der Waals surface area contributed by atoms with Crippen LogP contribution in [-0.4, -0.2) is 37.0 Å². The van der Waals surface area contributed by atoms with Gasteiger partial charge in [0, 0.05) is 6.42 Å². The number of carbonyl (C=O) groups is 1. The van der Waals surface area contributed by atoms with E-state index in [-0.39, 0.29) is 19.2 Å². The molecule has 0 aromatic carbocycles. The molecular weight excluding hydrogens is 400 g/mol. The average Bonchev–Trinajstić information content (AvgIpc) is 2.80. The van der Waals surface area contributed by atoms with Crippen LogP contribution in [0.15, 0.2) is 60.8 Å². The lowest BCUT2D eigenvalue weighted by Gasteiger charge is -2.15. The van der Waals surface area contributed by atoms with Crippen LogP contribution in [0.1, 0.15) is 84.5 Å². The number of aliphatic hydroxyl groups is 1. The number of hydrogen-bond acceptors (Lipinski definition) is 4. The first kappa shape index (κ1) is 30.1. The predicted molar refractivity (Wildman–Crippen MR) is 136 cm³/mol. The Morgan fingerprint density at radius 1 is 0.781 bits per heavy atom. The van der Waals surface area contributed by atoms with Gasteiger partial charge in [-0.15, -0.1) is 0 Å². The molecule has 0 rings (SSSR count). The molecule has 0 aliphatic heterocycles. The van der Waals surface area contributed by atoms with E-state index >= 15 is 0 Å². The van der Waals surface area contributed by atoms with Gasteiger partial charge in [0.1, 0.15) is 6.10 Å². The van der Waals surface area contributed by atoms with Crippen molar-refractivity contribution in [2.24, 2.45) is 0 Å². The molecule has 0 aliphatic rings. The van der Waals surface area contributed by atoms with Crippen LogP contribution in [0.25, 0.3) is 0 Å². The molecule has 1 atom stereocenters. The molecule has 0 fully saturated rings. The Labute approximate surface area is 196 Å². The molecule has 0 saturated heterocycles. The van der Waals surface area contributed by atoms with Crippen molar-refractivity contribution in [2.75, 3.05) is 19.8 Å². The van der Waals surface area contributed by atoms with Crippen molar-refractivity contribution in [3.63, 3.8) is 0 Å². The molecule has 182 valence electrons. The molecule has 0 aromatic heterocycles. The lowest BCUT2D eigenvalue weighted by Crippen LogP contribution is -2.27. The molecular formula is C28H46O4. The van der Waals surface area contributed by atoms with Gasteiger partial charge in [0.15, 0.2) is 0 Å². The highest BCUT2D eigenvalue weighted by atomic mass is 16.6. The second-order valence-corrected chi connectivity index (χ2v) is 7.68. The molecule has 4 nitrogen and oxygen atoms in total. The predicted octanol–water partition coefficient (Wildman–Crippen LogP) is 7.02.